The lowest BCUT2D eigenvalue weighted by molar-refractivity contribution is 0.0929. The van der Waals surface area contributed by atoms with Crippen molar-refractivity contribution in [1.29, 1.82) is 0 Å². The Kier molecular flexibility index (Phi) is 4.91. The third-order valence-corrected chi connectivity index (χ3v) is 4.47. The molecular weight excluding hydrogens is 282 g/mol. The molecule has 0 saturated heterocycles. The highest BCUT2D eigenvalue weighted by Gasteiger charge is 2.20. The van der Waals surface area contributed by atoms with Gasteiger partial charge in [0.25, 0.3) is 5.91 Å². The monoisotopic (exact) mass is 301 g/mol. The number of Topliss-reactive ketones (excluding diaryl/α,β-unsaturated/α-hetero) is 1. The van der Waals surface area contributed by atoms with Gasteiger partial charge < -0.3 is 5.32 Å². The smallest absolute Gasteiger partial charge is 0.261 e. The molecule has 0 saturated carbocycles. The average Bonchev–Trinajstić information content (AvgIpc) is 2.95. The van der Waals surface area contributed by atoms with Crippen LogP contribution < -0.4 is 5.32 Å². The lowest BCUT2D eigenvalue weighted by Gasteiger charge is -2.22. The lowest BCUT2D eigenvalue weighted by atomic mass is 9.96. The predicted octanol–water partition coefficient (Wildman–Crippen LogP) is 4.08. The van der Waals surface area contributed by atoms with E-state index in [1.165, 1.54) is 18.3 Å². The highest BCUT2D eigenvalue weighted by molar-refractivity contribution is 7.15. The van der Waals surface area contributed by atoms with Crippen molar-refractivity contribution in [2.45, 2.75) is 26.8 Å². The van der Waals surface area contributed by atoms with Gasteiger partial charge in [-0.3, -0.25) is 9.59 Å². The highest BCUT2D eigenvalue weighted by Crippen LogP contribution is 2.23. The summed E-state index contributed by atoms with van der Waals surface area (Å²) in [5.74, 6) is 0.140. The third-order valence-electron chi connectivity index (χ3n) is 3.29. The van der Waals surface area contributed by atoms with E-state index in [0.29, 0.717) is 9.75 Å². The minimum absolute atomic E-state index is 0.0116. The molecule has 0 radical (unpaired) electrons. The van der Waals surface area contributed by atoms with Gasteiger partial charge in [-0.2, -0.15) is 0 Å². The molecule has 2 aromatic rings. The van der Waals surface area contributed by atoms with Crippen LogP contribution >= 0.6 is 11.3 Å². The van der Waals surface area contributed by atoms with Crippen LogP contribution in [0.4, 0.5) is 0 Å². The SMILES string of the molecule is CC(=O)c1ccc(C(=O)NC(c2ccccc2)C(C)C)s1. The molecule has 0 bridgehead atoms. The van der Waals surface area contributed by atoms with Crippen molar-refractivity contribution < 1.29 is 9.59 Å². The number of amides is 1. The first kappa shape index (κ1) is 15.4. The second-order valence-corrected chi connectivity index (χ2v) is 6.41. The molecule has 4 heteroatoms. The van der Waals surface area contributed by atoms with Crippen molar-refractivity contribution in [2.24, 2.45) is 5.92 Å². The van der Waals surface area contributed by atoms with E-state index in [9.17, 15) is 9.59 Å². The van der Waals surface area contributed by atoms with Crippen LogP contribution in [0.2, 0.25) is 0 Å². The second kappa shape index (κ2) is 6.68. The molecule has 0 aliphatic carbocycles. The Hall–Kier alpha value is -1.94. The highest BCUT2D eigenvalue weighted by atomic mass is 32.1. The summed E-state index contributed by atoms with van der Waals surface area (Å²) >= 11 is 1.24. The van der Waals surface area contributed by atoms with Crippen molar-refractivity contribution in [1.82, 2.24) is 5.32 Å². The molecule has 3 nitrogen and oxygen atoms in total. The number of hydrogen-bond donors (Lipinski definition) is 1. The molecule has 1 aromatic heterocycles. The van der Waals surface area contributed by atoms with Crippen molar-refractivity contribution in [3.8, 4) is 0 Å². The number of nitrogens with one attached hydrogen (secondary N) is 1. The van der Waals surface area contributed by atoms with E-state index >= 15 is 0 Å². The molecule has 1 unspecified atom stereocenters. The van der Waals surface area contributed by atoms with E-state index in [0.717, 1.165) is 5.56 Å². The summed E-state index contributed by atoms with van der Waals surface area (Å²) in [6.07, 6.45) is 0. The fourth-order valence-electron chi connectivity index (χ4n) is 2.16. The summed E-state index contributed by atoms with van der Waals surface area (Å²) in [7, 11) is 0. The summed E-state index contributed by atoms with van der Waals surface area (Å²) in [4.78, 5) is 24.9. The zero-order valence-electron chi connectivity index (χ0n) is 12.4. The van der Waals surface area contributed by atoms with Crippen molar-refractivity contribution in [2.75, 3.05) is 0 Å². The normalized spacial score (nSPS) is 12.2. The van der Waals surface area contributed by atoms with Crippen LogP contribution in [0.3, 0.4) is 0 Å². The molecule has 1 amide bonds. The fraction of sp³-hybridized carbons (Fsp3) is 0.294. The van der Waals surface area contributed by atoms with Crippen LogP contribution in [0, 0.1) is 5.92 Å². The Bertz CT molecular complexity index is 631. The first-order chi connectivity index (χ1) is 9.99. The molecule has 21 heavy (non-hydrogen) atoms. The van der Waals surface area contributed by atoms with Gasteiger partial charge in [0.1, 0.15) is 0 Å². The predicted molar refractivity (Wildman–Crippen MR) is 85.8 cm³/mol. The van der Waals surface area contributed by atoms with E-state index in [1.807, 2.05) is 30.3 Å². The molecule has 1 N–H and O–H groups in total. The van der Waals surface area contributed by atoms with Crippen molar-refractivity contribution >= 4 is 23.0 Å². The second-order valence-electron chi connectivity index (χ2n) is 5.33. The standard InChI is InChI=1S/C17H19NO2S/c1-11(2)16(13-7-5-4-6-8-13)18-17(20)15-10-9-14(21-15)12(3)19/h4-11,16H,1-3H3,(H,18,20). The van der Waals surface area contributed by atoms with Crippen LogP contribution in [0.5, 0.6) is 0 Å². The van der Waals surface area contributed by atoms with Gasteiger partial charge in [-0.05, 0) is 30.5 Å². The summed E-state index contributed by atoms with van der Waals surface area (Å²) in [6.45, 7) is 5.66. The van der Waals surface area contributed by atoms with Gasteiger partial charge in [0.15, 0.2) is 5.78 Å². The lowest BCUT2D eigenvalue weighted by Crippen LogP contribution is -2.31. The number of carbonyl (C=O) groups excluding carboxylic acids is 2. The average molecular weight is 301 g/mol. The number of ketones is 1. The zero-order valence-corrected chi connectivity index (χ0v) is 13.2. The largest absolute Gasteiger partial charge is 0.344 e. The summed E-state index contributed by atoms with van der Waals surface area (Å²) in [6, 6.07) is 13.3. The Morgan fingerprint density at radius 1 is 1.00 bits per heavy atom. The first-order valence-corrected chi connectivity index (χ1v) is 7.77. The van der Waals surface area contributed by atoms with E-state index in [-0.39, 0.29) is 23.7 Å². The molecule has 2 rings (SSSR count). The Labute approximate surface area is 129 Å². The van der Waals surface area contributed by atoms with Gasteiger partial charge in [-0.15, -0.1) is 11.3 Å². The van der Waals surface area contributed by atoms with Gasteiger partial charge in [-0.1, -0.05) is 44.2 Å². The van der Waals surface area contributed by atoms with Crippen molar-refractivity contribution in [3.05, 3.63) is 57.8 Å². The molecule has 110 valence electrons. The van der Waals surface area contributed by atoms with Crippen LogP contribution in [0.25, 0.3) is 0 Å². The minimum Gasteiger partial charge on any atom is -0.344 e. The minimum atomic E-state index is -0.130. The molecule has 0 aliphatic rings. The van der Waals surface area contributed by atoms with E-state index in [4.69, 9.17) is 0 Å². The van der Waals surface area contributed by atoms with Gasteiger partial charge in [0, 0.05) is 0 Å². The van der Waals surface area contributed by atoms with Crippen molar-refractivity contribution in [3.63, 3.8) is 0 Å². The number of thiophene rings is 1. The quantitative estimate of drug-likeness (QED) is 0.846. The topological polar surface area (TPSA) is 46.2 Å². The summed E-state index contributed by atoms with van der Waals surface area (Å²) in [5, 5.41) is 3.06. The zero-order chi connectivity index (χ0) is 15.4. The molecule has 1 atom stereocenters. The molecule has 0 fully saturated rings. The summed E-state index contributed by atoms with van der Waals surface area (Å²) < 4.78 is 0. The number of carbonyl (C=O) groups is 2. The van der Waals surface area contributed by atoms with Gasteiger partial charge >= 0.3 is 0 Å². The Morgan fingerprint density at radius 3 is 2.14 bits per heavy atom. The van der Waals surface area contributed by atoms with Gasteiger partial charge in [-0.25, -0.2) is 0 Å². The maximum atomic E-state index is 12.4. The molecular formula is C17H19NO2S. The molecule has 1 aromatic carbocycles. The van der Waals surface area contributed by atoms with E-state index in [1.54, 1.807) is 12.1 Å². The maximum Gasteiger partial charge on any atom is 0.261 e. The van der Waals surface area contributed by atoms with Crippen LogP contribution in [-0.4, -0.2) is 11.7 Å². The molecule has 0 aliphatic heterocycles. The van der Waals surface area contributed by atoms with E-state index in [2.05, 4.69) is 19.2 Å². The maximum absolute atomic E-state index is 12.4. The Morgan fingerprint density at radius 2 is 1.62 bits per heavy atom. The van der Waals surface area contributed by atoms with Gasteiger partial charge in [0.05, 0.1) is 15.8 Å². The van der Waals surface area contributed by atoms with Crippen LogP contribution in [0.15, 0.2) is 42.5 Å². The van der Waals surface area contributed by atoms with Crippen LogP contribution in [-0.2, 0) is 0 Å². The number of rotatable bonds is 5. The molecule has 0 spiro atoms. The number of hydrogen-bond acceptors (Lipinski definition) is 3. The summed E-state index contributed by atoms with van der Waals surface area (Å²) in [5.41, 5.74) is 1.09. The van der Waals surface area contributed by atoms with Crippen LogP contribution in [0.1, 0.15) is 51.7 Å². The van der Waals surface area contributed by atoms with Gasteiger partial charge in [0.2, 0.25) is 0 Å². The Balaban J connectivity index is 2.17. The fourth-order valence-corrected chi connectivity index (χ4v) is 2.96. The third kappa shape index (κ3) is 3.79. The number of benzene rings is 1. The molecule has 1 heterocycles. The van der Waals surface area contributed by atoms with E-state index < -0.39 is 0 Å². The first-order valence-electron chi connectivity index (χ1n) is 6.95.